The lowest BCUT2D eigenvalue weighted by Gasteiger charge is -2.41. The molecular formula is C12H20O2. The zero-order chi connectivity index (χ0) is 9.49. The molecule has 0 N–H and O–H groups in total. The van der Waals surface area contributed by atoms with Crippen molar-refractivity contribution < 1.29 is 9.47 Å². The van der Waals surface area contributed by atoms with Gasteiger partial charge in [-0.25, -0.2) is 0 Å². The molecule has 0 bridgehead atoms. The van der Waals surface area contributed by atoms with E-state index in [1.54, 1.807) is 0 Å². The predicted octanol–water partition coefficient (Wildman–Crippen LogP) is 2.86. The minimum Gasteiger partial charge on any atom is -0.348 e. The van der Waals surface area contributed by atoms with Crippen LogP contribution in [0.4, 0.5) is 0 Å². The smallest absolute Gasteiger partial charge is 0.168 e. The van der Waals surface area contributed by atoms with Gasteiger partial charge in [0.1, 0.15) is 0 Å². The van der Waals surface area contributed by atoms with E-state index in [0.29, 0.717) is 5.41 Å². The van der Waals surface area contributed by atoms with Gasteiger partial charge in [0.05, 0.1) is 13.2 Å². The first-order valence-corrected chi connectivity index (χ1v) is 6.11. The molecule has 2 heteroatoms. The van der Waals surface area contributed by atoms with Crippen molar-refractivity contribution in [3.05, 3.63) is 0 Å². The van der Waals surface area contributed by atoms with Gasteiger partial charge in [-0.2, -0.15) is 0 Å². The number of hydrogen-bond donors (Lipinski definition) is 0. The van der Waals surface area contributed by atoms with Crippen molar-refractivity contribution in [2.45, 2.75) is 57.2 Å². The van der Waals surface area contributed by atoms with Crippen molar-refractivity contribution in [1.29, 1.82) is 0 Å². The first kappa shape index (κ1) is 9.17. The Labute approximate surface area is 86.0 Å². The van der Waals surface area contributed by atoms with E-state index in [0.717, 1.165) is 26.1 Å². The highest BCUT2D eigenvalue weighted by molar-refractivity contribution is 4.93. The zero-order valence-corrected chi connectivity index (χ0v) is 8.89. The standard InChI is InChI=1S/C12H20O2/c1-2-4-11(3-1)5-7-12(8-6-11)13-9-10-14-12/h1-10H2. The van der Waals surface area contributed by atoms with Crippen LogP contribution in [-0.2, 0) is 9.47 Å². The Kier molecular flexibility index (Phi) is 2.10. The fourth-order valence-corrected chi connectivity index (χ4v) is 3.57. The van der Waals surface area contributed by atoms with Gasteiger partial charge < -0.3 is 9.47 Å². The molecule has 1 aliphatic heterocycles. The summed E-state index contributed by atoms with van der Waals surface area (Å²) in [5.74, 6) is -0.145. The first-order chi connectivity index (χ1) is 6.83. The highest BCUT2D eigenvalue weighted by atomic mass is 16.7. The maximum Gasteiger partial charge on any atom is 0.168 e. The van der Waals surface area contributed by atoms with Gasteiger partial charge in [0.15, 0.2) is 5.79 Å². The minimum absolute atomic E-state index is 0.145. The van der Waals surface area contributed by atoms with Crippen molar-refractivity contribution in [3.63, 3.8) is 0 Å². The molecule has 2 aliphatic carbocycles. The normalized spacial score (nSPS) is 34.3. The minimum atomic E-state index is -0.145. The van der Waals surface area contributed by atoms with E-state index in [2.05, 4.69) is 0 Å². The van der Waals surface area contributed by atoms with Gasteiger partial charge in [-0.15, -0.1) is 0 Å². The highest BCUT2D eigenvalue weighted by Gasteiger charge is 2.46. The summed E-state index contributed by atoms with van der Waals surface area (Å²) < 4.78 is 11.5. The van der Waals surface area contributed by atoms with Crippen LogP contribution < -0.4 is 0 Å². The summed E-state index contributed by atoms with van der Waals surface area (Å²) in [5.41, 5.74) is 0.695. The molecule has 0 unspecified atom stereocenters. The van der Waals surface area contributed by atoms with Gasteiger partial charge in [-0.05, 0) is 31.1 Å². The molecule has 80 valence electrons. The Balaban J connectivity index is 1.66. The fourth-order valence-electron chi connectivity index (χ4n) is 3.57. The lowest BCUT2D eigenvalue weighted by Crippen LogP contribution is -2.38. The molecule has 0 aromatic carbocycles. The number of hydrogen-bond acceptors (Lipinski definition) is 2. The summed E-state index contributed by atoms with van der Waals surface area (Å²) in [7, 11) is 0. The Hall–Kier alpha value is -0.0800. The van der Waals surface area contributed by atoms with Crippen molar-refractivity contribution >= 4 is 0 Å². The maximum atomic E-state index is 5.76. The van der Waals surface area contributed by atoms with Crippen LogP contribution in [-0.4, -0.2) is 19.0 Å². The van der Waals surface area contributed by atoms with Crippen LogP contribution in [0.1, 0.15) is 51.4 Å². The monoisotopic (exact) mass is 196 g/mol. The Bertz CT molecular complexity index is 176. The molecule has 1 heterocycles. The van der Waals surface area contributed by atoms with Gasteiger partial charge in [0.2, 0.25) is 0 Å². The summed E-state index contributed by atoms with van der Waals surface area (Å²) in [6.07, 6.45) is 10.8. The second-order valence-electron chi connectivity index (χ2n) is 5.31. The zero-order valence-electron chi connectivity index (χ0n) is 8.89. The average molecular weight is 196 g/mol. The largest absolute Gasteiger partial charge is 0.348 e. The molecule has 3 fully saturated rings. The average Bonchev–Trinajstić information content (AvgIpc) is 2.81. The maximum absolute atomic E-state index is 5.76. The molecule has 3 rings (SSSR count). The molecule has 2 saturated carbocycles. The molecule has 2 nitrogen and oxygen atoms in total. The van der Waals surface area contributed by atoms with E-state index < -0.39 is 0 Å². The molecular weight excluding hydrogens is 176 g/mol. The number of ether oxygens (including phenoxy) is 2. The molecule has 14 heavy (non-hydrogen) atoms. The lowest BCUT2D eigenvalue weighted by atomic mass is 9.71. The Morgan fingerprint density at radius 1 is 0.643 bits per heavy atom. The summed E-state index contributed by atoms with van der Waals surface area (Å²) >= 11 is 0. The predicted molar refractivity (Wildman–Crippen MR) is 54.0 cm³/mol. The third-order valence-electron chi connectivity index (χ3n) is 4.55. The summed E-state index contributed by atoms with van der Waals surface area (Å²) in [6, 6.07) is 0. The van der Waals surface area contributed by atoms with Crippen LogP contribution >= 0.6 is 0 Å². The van der Waals surface area contributed by atoms with Crippen LogP contribution in [0.3, 0.4) is 0 Å². The third-order valence-corrected chi connectivity index (χ3v) is 4.55. The molecule has 0 amide bonds. The van der Waals surface area contributed by atoms with E-state index in [1.165, 1.54) is 38.5 Å². The van der Waals surface area contributed by atoms with Crippen molar-refractivity contribution in [3.8, 4) is 0 Å². The highest BCUT2D eigenvalue weighted by Crippen LogP contribution is 2.52. The lowest BCUT2D eigenvalue weighted by molar-refractivity contribution is -0.191. The van der Waals surface area contributed by atoms with Crippen LogP contribution in [0, 0.1) is 5.41 Å². The van der Waals surface area contributed by atoms with Gasteiger partial charge >= 0.3 is 0 Å². The number of rotatable bonds is 0. The summed E-state index contributed by atoms with van der Waals surface area (Å²) in [6.45, 7) is 1.62. The quantitative estimate of drug-likeness (QED) is 0.593. The third kappa shape index (κ3) is 1.40. The van der Waals surface area contributed by atoms with Crippen LogP contribution in [0.25, 0.3) is 0 Å². The molecule has 0 aromatic rings. The Morgan fingerprint density at radius 3 is 1.79 bits per heavy atom. The molecule has 0 radical (unpaired) electrons. The summed E-state index contributed by atoms with van der Waals surface area (Å²) in [4.78, 5) is 0. The van der Waals surface area contributed by atoms with Gasteiger partial charge in [-0.1, -0.05) is 12.8 Å². The van der Waals surface area contributed by atoms with Crippen LogP contribution in [0.15, 0.2) is 0 Å². The Morgan fingerprint density at radius 2 is 1.21 bits per heavy atom. The fraction of sp³-hybridized carbons (Fsp3) is 1.00. The van der Waals surface area contributed by atoms with Gasteiger partial charge in [0.25, 0.3) is 0 Å². The molecule has 1 saturated heterocycles. The van der Waals surface area contributed by atoms with E-state index in [1.807, 2.05) is 0 Å². The SMILES string of the molecule is C1CCC2(C1)CCC1(CC2)OCCO1. The van der Waals surface area contributed by atoms with Crippen molar-refractivity contribution in [1.82, 2.24) is 0 Å². The van der Waals surface area contributed by atoms with Crippen LogP contribution in [0.5, 0.6) is 0 Å². The van der Waals surface area contributed by atoms with Crippen molar-refractivity contribution in [2.24, 2.45) is 5.41 Å². The van der Waals surface area contributed by atoms with Crippen molar-refractivity contribution in [2.75, 3.05) is 13.2 Å². The van der Waals surface area contributed by atoms with Gasteiger partial charge in [0, 0.05) is 12.8 Å². The second kappa shape index (κ2) is 3.21. The summed E-state index contributed by atoms with van der Waals surface area (Å²) in [5, 5.41) is 0. The second-order valence-corrected chi connectivity index (χ2v) is 5.31. The molecule has 2 spiro atoms. The van der Waals surface area contributed by atoms with E-state index >= 15 is 0 Å². The molecule has 0 atom stereocenters. The molecule has 3 aliphatic rings. The topological polar surface area (TPSA) is 18.5 Å². The van der Waals surface area contributed by atoms with E-state index in [9.17, 15) is 0 Å². The van der Waals surface area contributed by atoms with Gasteiger partial charge in [-0.3, -0.25) is 0 Å². The van der Waals surface area contributed by atoms with E-state index in [-0.39, 0.29) is 5.79 Å². The first-order valence-electron chi connectivity index (χ1n) is 6.11. The van der Waals surface area contributed by atoms with Crippen LogP contribution in [0.2, 0.25) is 0 Å². The molecule has 0 aromatic heterocycles. The van der Waals surface area contributed by atoms with E-state index in [4.69, 9.17) is 9.47 Å².